The van der Waals surface area contributed by atoms with E-state index in [0.29, 0.717) is 48.8 Å². The lowest BCUT2D eigenvalue weighted by molar-refractivity contribution is -0.130. The molecule has 0 radical (unpaired) electrons. The number of anilines is 1. The quantitative estimate of drug-likeness (QED) is 0.129. The third kappa shape index (κ3) is 9.78. The lowest BCUT2D eigenvalue weighted by Gasteiger charge is -2.28. The summed E-state index contributed by atoms with van der Waals surface area (Å²) in [6, 6.07) is 20.1. The molecule has 2 aliphatic rings. The zero-order chi connectivity index (χ0) is 35.0. The number of nitrogens with zero attached hydrogens (tertiary/aromatic N) is 3. The predicted molar refractivity (Wildman–Crippen MR) is 198 cm³/mol. The van der Waals surface area contributed by atoms with Gasteiger partial charge >= 0.3 is 0 Å². The van der Waals surface area contributed by atoms with E-state index in [1.54, 1.807) is 24.3 Å². The Balaban J connectivity index is 0.00000504. The zero-order valence-electron chi connectivity index (χ0n) is 28.8. The summed E-state index contributed by atoms with van der Waals surface area (Å²) < 4.78 is 0. The molecule has 6 rings (SSSR count). The van der Waals surface area contributed by atoms with Crippen molar-refractivity contribution in [2.45, 2.75) is 82.9 Å². The summed E-state index contributed by atoms with van der Waals surface area (Å²) in [6.07, 6.45) is 6.39. The maximum Gasteiger partial charge on any atom is 0.251 e. The largest absolute Gasteiger partial charge is 0.393 e. The highest BCUT2D eigenvalue weighted by Crippen LogP contribution is 2.29. The Bertz CT molecular complexity index is 1750. The van der Waals surface area contributed by atoms with E-state index < -0.39 is 6.04 Å². The van der Waals surface area contributed by atoms with Crippen LogP contribution in [-0.4, -0.2) is 68.2 Å². The number of amides is 3. The number of benzene rings is 3. The van der Waals surface area contributed by atoms with Crippen LogP contribution in [0.2, 0.25) is 0 Å². The third-order valence-electron chi connectivity index (χ3n) is 10.2. The number of tetrazole rings is 1. The van der Waals surface area contributed by atoms with Crippen LogP contribution in [0, 0.1) is 18.8 Å². The number of halogens is 1. The number of aromatic amines is 1. The molecule has 7 N–H and O–H groups in total. The van der Waals surface area contributed by atoms with Gasteiger partial charge in [0.2, 0.25) is 17.6 Å². The first-order valence-electron chi connectivity index (χ1n) is 17.6. The van der Waals surface area contributed by atoms with Crippen molar-refractivity contribution in [2.24, 2.45) is 17.6 Å². The molecule has 12 nitrogen and oxygen atoms in total. The molecule has 1 heterocycles. The average molecular weight is 715 g/mol. The fourth-order valence-corrected chi connectivity index (χ4v) is 7.05. The van der Waals surface area contributed by atoms with Gasteiger partial charge in [0.25, 0.3) is 5.91 Å². The monoisotopic (exact) mass is 714 g/mol. The number of hydrogen-bond donors (Lipinski definition) is 6. The molecule has 0 spiro atoms. The van der Waals surface area contributed by atoms with Gasteiger partial charge in [0.15, 0.2) is 0 Å². The summed E-state index contributed by atoms with van der Waals surface area (Å²) in [5.41, 5.74) is 11.7. The lowest BCUT2D eigenvalue weighted by Crippen LogP contribution is -2.48. The van der Waals surface area contributed by atoms with E-state index in [4.69, 9.17) is 5.73 Å². The van der Waals surface area contributed by atoms with Crippen molar-refractivity contribution in [2.75, 3.05) is 11.9 Å². The summed E-state index contributed by atoms with van der Waals surface area (Å²) in [5, 5.41) is 32.9. The minimum Gasteiger partial charge on any atom is -0.393 e. The van der Waals surface area contributed by atoms with E-state index in [0.717, 1.165) is 66.3 Å². The van der Waals surface area contributed by atoms with E-state index in [1.807, 2.05) is 49.4 Å². The Morgan fingerprint density at radius 3 is 2.22 bits per heavy atom. The SMILES string of the molecule is Cc1cc(C(=O)NC2CCC(O)CC2)ccc1-c1ccc(C[C@H](NC(=O)C2CCC(CN)CC2)C(=O)Nc2ccc(-c3nn[nH]n3)cc2)cc1.Cl. The van der Waals surface area contributed by atoms with Gasteiger partial charge in [0, 0.05) is 35.2 Å². The maximum absolute atomic E-state index is 13.7. The molecule has 0 unspecified atom stereocenters. The third-order valence-corrected chi connectivity index (χ3v) is 10.2. The van der Waals surface area contributed by atoms with Gasteiger partial charge in [-0.3, -0.25) is 14.4 Å². The summed E-state index contributed by atoms with van der Waals surface area (Å²) in [4.78, 5) is 40.0. The van der Waals surface area contributed by atoms with Gasteiger partial charge in [-0.05, 0) is 135 Å². The highest BCUT2D eigenvalue weighted by molar-refractivity contribution is 5.98. The van der Waals surface area contributed by atoms with Crippen molar-refractivity contribution < 1.29 is 19.5 Å². The Labute approximate surface area is 304 Å². The molecule has 2 aliphatic carbocycles. The van der Waals surface area contributed by atoms with Crippen LogP contribution in [0.4, 0.5) is 5.69 Å². The maximum atomic E-state index is 13.7. The normalized spacial score (nSPS) is 20.8. The minimum atomic E-state index is -0.788. The fourth-order valence-electron chi connectivity index (χ4n) is 7.05. The molecular formula is C38H47ClN8O4. The number of H-pyrrole nitrogens is 1. The molecule has 1 aromatic heterocycles. The van der Waals surface area contributed by atoms with E-state index >= 15 is 0 Å². The molecule has 0 bridgehead atoms. The highest BCUT2D eigenvalue weighted by Gasteiger charge is 2.29. The smallest absolute Gasteiger partial charge is 0.251 e. The Hall–Kier alpha value is -4.65. The van der Waals surface area contributed by atoms with Crippen molar-refractivity contribution in [3.8, 4) is 22.5 Å². The number of aromatic nitrogens is 4. The number of aliphatic hydroxyl groups excluding tert-OH is 1. The molecule has 13 heteroatoms. The average Bonchev–Trinajstić information content (AvgIpc) is 3.68. The Morgan fingerprint density at radius 2 is 1.59 bits per heavy atom. The highest BCUT2D eigenvalue weighted by atomic mass is 35.5. The number of carbonyl (C=O) groups is 3. The first-order valence-corrected chi connectivity index (χ1v) is 17.6. The van der Waals surface area contributed by atoms with E-state index in [2.05, 4.69) is 36.6 Å². The molecule has 0 aliphatic heterocycles. The molecule has 4 aromatic rings. The molecular weight excluding hydrogens is 668 g/mol. The second-order valence-corrected chi connectivity index (χ2v) is 13.7. The Kier molecular flexibility index (Phi) is 12.9. The summed E-state index contributed by atoms with van der Waals surface area (Å²) in [5.74, 6) is 0.243. The van der Waals surface area contributed by atoms with Gasteiger partial charge in [-0.15, -0.1) is 22.6 Å². The number of nitrogens with one attached hydrogen (secondary N) is 4. The molecule has 51 heavy (non-hydrogen) atoms. The van der Waals surface area contributed by atoms with Crippen molar-refractivity contribution in [3.05, 3.63) is 83.4 Å². The van der Waals surface area contributed by atoms with Crippen LogP contribution < -0.4 is 21.7 Å². The topological polar surface area (TPSA) is 188 Å². The van der Waals surface area contributed by atoms with Crippen LogP contribution in [0.25, 0.3) is 22.5 Å². The first kappa shape index (κ1) is 37.6. The van der Waals surface area contributed by atoms with Crippen molar-refractivity contribution in [1.82, 2.24) is 31.3 Å². The molecule has 2 saturated carbocycles. The zero-order valence-corrected chi connectivity index (χ0v) is 29.6. The van der Waals surface area contributed by atoms with Crippen LogP contribution in [0.3, 0.4) is 0 Å². The van der Waals surface area contributed by atoms with Crippen molar-refractivity contribution in [3.63, 3.8) is 0 Å². The summed E-state index contributed by atoms with van der Waals surface area (Å²) in [6.45, 7) is 2.62. The number of carbonyl (C=O) groups excluding carboxylic acids is 3. The van der Waals surface area contributed by atoms with Crippen LogP contribution >= 0.6 is 12.4 Å². The molecule has 1 atom stereocenters. The predicted octanol–water partition coefficient (Wildman–Crippen LogP) is 4.73. The van der Waals surface area contributed by atoms with Crippen molar-refractivity contribution in [1.29, 1.82) is 0 Å². The number of aliphatic hydroxyl groups is 1. The lowest BCUT2D eigenvalue weighted by atomic mass is 9.81. The second kappa shape index (κ2) is 17.5. The van der Waals surface area contributed by atoms with Crippen LogP contribution in [0.15, 0.2) is 66.7 Å². The van der Waals surface area contributed by atoms with Gasteiger partial charge in [0.1, 0.15) is 6.04 Å². The van der Waals surface area contributed by atoms with Crippen LogP contribution in [0.5, 0.6) is 0 Å². The van der Waals surface area contributed by atoms with Gasteiger partial charge in [-0.1, -0.05) is 30.3 Å². The standard InChI is InChI=1S/C38H46N8O4.ClH/c1-23-20-29(37(49)40-31-15-17-32(47)18-16-31)12-19-33(23)26-6-2-24(3-7-26)21-34(42-36(48)28-8-4-25(22-39)5-9-28)38(50)41-30-13-10-27(11-14-30)35-43-45-46-44-35;/h2-3,6-7,10-14,19-20,25,28,31-32,34,47H,4-5,8-9,15-18,21-22,39H2,1H3,(H,40,49)(H,41,50)(H,42,48)(H,43,44,45,46);1H/t25?,28?,31?,32?,34-;/m0./s1. The molecule has 2 fully saturated rings. The van der Waals surface area contributed by atoms with Gasteiger partial charge in [0.05, 0.1) is 6.10 Å². The summed E-state index contributed by atoms with van der Waals surface area (Å²) in [7, 11) is 0. The van der Waals surface area contributed by atoms with E-state index in [1.165, 1.54) is 0 Å². The van der Waals surface area contributed by atoms with Gasteiger partial charge in [-0.2, -0.15) is 5.21 Å². The summed E-state index contributed by atoms with van der Waals surface area (Å²) >= 11 is 0. The number of nitrogens with two attached hydrogens (primary N) is 1. The van der Waals surface area contributed by atoms with Crippen LogP contribution in [-0.2, 0) is 16.0 Å². The first-order chi connectivity index (χ1) is 24.2. The van der Waals surface area contributed by atoms with E-state index in [9.17, 15) is 19.5 Å². The minimum absolute atomic E-state index is 0. The number of hydrogen-bond acceptors (Lipinski definition) is 8. The van der Waals surface area contributed by atoms with Crippen LogP contribution in [0.1, 0.15) is 72.9 Å². The molecule has 3 aromatic carbocycles. The number of aryl methyl sites for hydroxylation is 1. The van der Waals surface area contributed by atoms with Crippen molar-refractivity contribution >= 4 is 35.8 Å². The van der Waals surface area contributed by atoms with E-state index in [-0.39, 0.29) is 48.2 Å². The van der Waals surface area contributed by atoms with Gasteiger partial charge < -0.3 is 26.8 Å². The molecule has 0 saturated heterocycles. The Morgan fingerprint density at radius 1 is 0.902 bits per heavy atom. The van der Waals surface area contributed by atoms with Gasteiger partial charge in [-0.25, -0.2) is 0 Å². The second-order valence-electron chi connectivity index (χ2n) is 13.7. The number of rotatable bonds is 11. The molecule has 270 valence electrons. The fraction of sp³-hybridized carbons (Fsp3) is 0.421. The molecule has 3 amide bonds.